The van der Waals surface area contributed by atoms with Gasteiger partial charge in [-0.05, 0) is 53.8 Å². The Labute approximate surface area is 113 Å². The molecule has 2 aromatic rings. The number of hydrogen-bond donors (Lipinski definition) is 1. The Balaban J connectivity index is 1.86. The molecular formula is C14H19N5. The lowest BCUT2D eigenvalue weighted by Gasteiger charge is -2.20. The Bertz CT molecular complexity index is 549. The van der Waals surface area contributed by atoms with Crippen molar-refractivity contribution in [3.63, 3.8) is 0 Å². The van der Waals surface area contributed by atoms with Crippen molar-refractivity contribution in [1.82, 2.24) is 20.2 Å². The van der Waals surface area contributed by atoms with Crippen molar-refractivity contribution in [3.8, 4) is 5.69 Å². The standard InChI is InChI=1S/C14H19N5/c1-10-4-3-5-13(10)16-14-8-12(7-6-11(14)2)19-9-15-17-18-19/h6-10,13,16H,3-5H2,1-2H3. The molecule has 1 aromatic carbocycles. The van der Waals surface area contributed by atoms with Crippen molar-refractivity contribution in [2.24, 2.45) is 5.92 Å². The first-order valence-electron chi connectivity index (χ1n) is 6.84. The van der Waals surface area contributed by atoms with Gasteiger partial charge in [-0.1, -0.05) is 19.4 Å². The van der Waals surface area contributed by atoms with E-state index >= 15 is 0 Å². The molecule has 1 aromatic heterocycles. The minimum Gasteiger partial charge on any atom is -0.382 e. The zero-order chi connectivity index (χ0) is 13.2. The second-order valence-corrected chi connectivity index (χ2v) is 5.41. The molecule has 100 valence electrons. The first-order valence-corrected chi connectivity index (χ1v) is 6.84. The van der Waals surface area contributed by atoms with E-state index in [1.54, 1.807) is 11.0 Å². The largest absolute Gasteiger partial charge is 0.382 e. The van der Waals surface area contributed by atoms with Crippen LogP contribution in [0.15, 0.2) is 24.5 Å². The Morgan fingerprint density at radius 3 is 2.89 bits per heavy atom. The van der Waals surface area contributed by atoms with E-state index in [0.717, 1.165) is 11.6 Å². The zero-order valence-corrected chi connectivity index (χ0v) is 11.4. The van der Waals surface area contributed by atoms with Crippen LogP contribution in [-0.2, 0) is 0 Å². The van der Waals surface area contributed by atoms with Gasteiger partial charge in [-0.15, -0.1) is 5.10 Å². The van der Waals surface area contributed by atoms with Crippen LogP contribution in [-0.4, -0.2) is 26.2 Å². The summed E-state index contributed by atoms with van der Waals surface area (Å²) < 4.78 is 1.68. The lowest BCUT2D eigenvalue weighted by molar-refractivity contribution is 0.556. The van der Waals surface area contributed by atoms with Gasteiger partial charge in [0.25, 0.3) is 0 Å². The topological polar surface area (TPSA) is 55.6 Å². The molecule has 2 atom stereocenters. The highest BCUT2D eigenvalue weighted by Gasteiger charge is 2.23. The highest BCUT2D eigenvalue weighted by atomic mass is 15.5. The van der Waals surface area contributed by atoms with Gasteiger partial charge >= 0.3 is 0 Å². The van der Waals surface area contributed by atoms with E-state index in [-0.39, 0.29) is 0 Å². The number of benzene rings is 1. The van der Waals surface area contributed by atoms with E-state index in [9.17, 15) is 0 Å². The van der Waals surface area contributed by atoms with Crippen LogP contribution in [0.25, 0.3) is 5.69 Å². The van der Waals surface area contributed by atoms with Gasteiger partial charge in [0, 0.05) is 11.7 Å². The van der Waals surface area contributed by atoms with Crippen LogP contribution < -0.4 is 5.32 Å². The maximum absolute atomic E-state index is 3.93. The number of nitrogens with zero attached hydrogens (tertiary/aromatic N) is 4. The normalized spacial score (nSPS) is 22.6. The van der Waals surface area contributed by atoms with Crippen LogP contribution in [0.3, 0.4) is 0 Å². The second kappa shape index (κ2) is 4.99. The number of aromatic nitrogens is 4. The molecule has 19 heavy (non-hydrogen) atoms. The summed E-state index contributed by atoms with van der Waals surface area (Å²) in [6, 6.07) is 6.85. The Morgan fingerprint density at radius 2 is 2.21 bits per heavy atom. The van der Waals surface area contributed by atoms with E-state index in [4.69, 9.17) is 0 Å². The van der Waals surface area contributed by atoms with Gasteiger partial charge in [0.2, 0.25) is 0 Å². The average Bonchev–Trinajstić information content (AvgIpc) is 3.05. The number of aryl methyl sites for hydroxylation is 1. The minimum atomic E-state index is 0.586. The van der Waals surface area contributed by atoms with Crippen molar-refractivity contribution in [2.75, 3.05) is 5.32 Å². The molecule has 1 heterocycles. The third-order valence-electron chi connectivity index (χ3n) is 4.04. The van der Waals surface area contributed by atoms with E-state index in [2.05, 4.69) is 46.8 Å². The first-order chi connectivity index (χ1) is 9.24. The summed E-state index contributed by atoms with van der Waals surface area (Å²) in [5.41, 5.74) is 3.44. The van der Waals surface area contributed by atoms with Crippen molar-refractivity contribution in [3.05, 3.63) is 30.1 Å². The average molecular weight is 257 g/mol. The number of nitrogens with one attached hydrogen (secondary N) is 1. The monoisotopic (exact) mass is 257 g/mol. The van der Waals surface area contributed by atoms with Gasteiger partial charge in [0.1, 0.15) is 6.33 Å². The number of rotatable bonds is 3. The van der Waals surface area contributed by atoms with Gasteiger partial charge in [0.15, 0.2) is 0 Å². The molecule has 0 amide bonds. The van der Waals surface area contributed by atoms with Crippen LogP contribution >= 0.6 is 0 Å². The zero-order valence-electron chi connectivity index (χ0n) is 11.4. The maximum Gasteiger partial charge on any atom is 0.143 e. The Kier molecular flexibility index (Phi) is 3.19. The quantitative estimate of drug-likeness (QED) is 0.918. The van der Waals surface area contributed by atoms with Gasteiger partial charge < -0.3 is 5.32 Å². The molecule has 0 bridgehead atoms. The summed E-state index contributed by atoms with van der Waals surface area (Å²) in [5.74, 6) is 0.746. The van der Waals surface area contributed by atoms with Gasteiger partial charge in [0.05, 0.1) is 5.69 Å². The van der Waals surface area contributed by atoms with Gasteiger partial charge in [-0.3, -0.25) is 0 Å². The molecule has 5 heteroatoms. The van der Waals surface area contributed by atoms with Crippen molar-refractivity contribution in [1.29, 1.82) is 0 Å². The first kappa shape index (κ1) is 12.1. The van der Waals surface area contributed by atoms with Crippen molar-refractivity contribution < 1.29 is 0 Å². The maximum atomic E-state index is 3.93. The van der Waals surface area contributed by atoms with Crippen LogP contribution in [0.2, 0.25) is 0 Å². The van der Waals surface area contributed by atoms with E-state index in [0.29, 0.717) is 6.04 Å². The SMILES string of the molecule is Cc1ccc(-n2cnnn2)cc1NC1CCCC1C. The fraction of sp³-hybridized carbons (Fsp3) is 0.500. The molecule has 2 unspecified atom stereocenters. The molecule has 0 saturated heterocycles. The predicted molar refractivity (Wildman–Crippen MR) is 74.3 cm³/mol. The highest BCUT2D eigenvalue weighted by molar-refractivity contribution is 5.57. The third-order valence-corrected chi connectivity index (χ3v) is 4.04. The third kappa shape index (κ3) is 2.45. The smallest absolute Gasteiger partial charge is 0.143 e. The van der Waals surface area contributed by atoms with Crippen LogP contribution in [0.5, 0.6) is 0 Å². The molecule has 1 saturated carbocycles. The number of tetrazole rings is 1. The van der Waals surface area contributed by atoms with Crippen molar-refractivity contribution >= 4 is 5.69 Å². The summed E-state index contributed by atoms with van der Waals surface area (Å²) in [7, 11) is 0. The fourth-order valence-corrected chi connectivity index (χ4v) is 2.75. The minimum absolute atomic E-state index is 0.586. The van der Waals surface area contributed by atoms with Crippen molar-refractivity contribution in [2.45, 2.75) is 39.2 Å². The summed E-state index contributed by atoms with van der Waals surface area (Å²) >= 11 is 0. The molecule has 1 N–H and O–H groups in total. The molecule has 1 aliphatic rings. The van der Waals surface area contributed by atoms with Crippen LogP contribution in [0.1, 0.15) is 31.7 Å². The molecular weight excluding hydrogens is 238 g/mol. The van der Waals surface area contributed by atoms with Crippen LogP contribution in [0, 0.1) is 12.8 Å². The van der Waals surface area contributed by atoms with E-state index in [1.807, 2.05) is 6.07 Å². The fourth-order valence-electron chi connectivity index (χ4n) is 2.75. The van der Waals surface area contributed by atoms with Crippen LogP contribution in [0.4, 0.5) is 5.69 Å². The number of anilines is 1. The van der Waals surface area contributed by atoms with E-state index in [1.165, 1.54) is 30.5 Å². The molecule has 0 radical (unpaired) electrons. The summed E-state index contributed by atoms with van der Waals surface area (Å²) in [5, 5.41) is 15.0. The molecule has 1 aliphatic carbocycles. The Hall–Kier alpha value is -1.91. The van der Waals surface area contributed by atoms with Gasteiger partial charge in [-0.2, -0.15) is 0 Å². The second-order valence-electron chi connectivity index (χ2n) is 5.41. The summed E-state index contributed by atoms with van der Waals surface area (Å²) in [4.78, 5) is 0. The predicted octanol–water partition coefficient (Wildman–Crippen LogP) is 2.57. The summed E-state index contributed by atoms with van der Waals surface area (Å²) in [6.45, 7) is 4.45. The number of hydrogen-bond acceptors (Lipinski definition) is 4. The molecule has 3 rings (SSSR count). The molecule has 1 fully saturated rings. The van der Waals surface area contributed by atoms with Gasteiger partial charge in [-0.25, -0.2) is 4.68 Å². The lowest BCUT2D eigenvalue weighted by atomic mass is 10.1. The molecule has 0 aliphatic heterocycles. The molecule has 5 nitrogen and oxygen atoms in total. The Morgan fingerprint density at radius 1 is 1.32 bits per heavy atom. The lowest BCUT2D eigenvalue weighted by Crippen LogP contribution is -2.22. The highest BCUT2D eigenvalue weighted by Crippen LogP contribution is 2.29. The van der Waals surface area contributed by atoms with E-state index < -0.39 is 0 Å². The molecule has 0 spiro atoms. The summed E-state index contributed by atoms with van der Waals surface area (Å²) in [6.07, 6.45) is 5.52.